The van der Waals surface area contributed by atoms with Crippen LogP contribution in [0.25, 0.3) is 11.0 Å². The molecule has 26 heavy (non-hydrogen) atoms. The lowest BCUT2D eigenvalue weighted by Gasteiger charge is -2.39. The van der Waals surface area contributed by atoms with Crippen LogP contribution in [0.2, 0.25) is 5.02 Å². The van der Waals surface area contributed by atoms with Gasteiger partial charge in [0.25, 0.3) is 0 Å². The van der Waals surface area contributed by atoms with Crippen molar-refractivity contribution in [1.29, 1.82) is 0 Å². The molecule has 134 valence electrons. The Morgan fingerprint density at radius 1 is 1.23 bits per heavy atom. The van der Waals surface area contributed by atoms with Crippen molar-refractivity contribution in [3.05, 3.63) is 45.8 Å². The second kappa shape index (κ2) is 6.51. The summed E-state index contributed by atoms with van der Waals surface area (Å²) in [6.45, 7) is 1.14. The minimum atomic E-state index is -0.916. The number of benzene rings is 1. The van der Waals surface area contributed by atoms with Gasteiger partial charge in [-0.1, -0.05) is 23.7 Å². The second-order valence-electron chi connectivity index (χ2n) is 6.31. The molecule has 3 aromatic rings. The Hall–Kier alpha value is -2.19. The lowest BCUT2D eigenvalue weighted by atomic mass is 9.73. The Bertz CT molecular complexity index is 967. The summed E-state index contributed by atoms with van der Waals surface area (Å²) in [7, 11) is 0. The van der Waals surface area contributed by atoms with Crippen LogP contribution in [-0.4, -0.2) is 44.3 Å². The molecule has 9 heteroatoms. The van der Waals surface area contributed by atoms with E-state index in [0.717, 1.165) is 21.4 Å². The van der Waals surface area contributed by atoms with Crippen molar-refractivity contribution in [2.24, 2.45) is 0 Å². The molecule has 0 bridgehead atoms. The Morgan fingerprint density at radius 3 is 2.58 bits per heavy atom. The van der Waals surface area contributed by atoms with E-state index in [1.54, 1.807) is 12.1 Å². The van der Waals surface area contributed by atoms with Crippen LogP contribution in [0.5, 0.6) is 0 Å². The van der Waals surface area contributed by atoms with Gasteiger partial charge in [0.05, 0.1) is 10.8 Å². The Labute approximate surface area is 162 Å². The van der Waals surface area contributed by atoms with Crippen LogP contribution in [0.4, 0.5) is 5.82 Å². The zero-order valence-electron chi connectivity index (χ0n) is 13.6. The van der Waals surface area contributed by atoms with Crippen molar-refractivity contribution in [1.82, 2.24) is 20.2 Å². The van der Waals surface area contributed by atoms with Crippen LogP contribution in [0.3, 0.4) is 0 Å². The highest BCUT2D eigenvalue weighted by Gasteiger charge is 2.43. The number of nitrogens with one attached hydrogen (secondary N) is 1. The summed E-state index contributed by atoms with van der Waals surface area (Å²) in [4.78, 5) is 22.8. The number of fused-ring (bicyclic) bond motifs is 1. The van der Waals surface area contributed by atoms with E-state index in [1.807, 2.05) is 12.1 Å². The third-order valence-corrected chi connectivity index (χ3v) is 5.84. The molecule has 1 aliphatic heterocycles. The number of anilines is 1. The van der Waals surface area contributed by atoms with E-state index in [4.69, 9.17) is 11.6 Å². The third kappa shape index (κ3) is 2.73. The molecule has 0 spiro atoms. The summed E-state index contributed by atoms with van der Waals surface area (Å²) in [6, 6.07) is 7.10. The van der Waals surface area contributed by atoms with E-state index in [9.17, 15) is 9.90 Å². The smallest absolute Gasteiger partial charge is 0.314 e. The fourth-order valence-corrected chi connectivity index (χ4v) is 4.11. The molecule has 7 nitrogen and oxygen atoms in total. The molecule has 4 rings (SSSR count). The van der Waals surface area contributed by atoms with Gasteiger partial charge in [0.1, 0.15) is 16.7 Å². The second-order valence-corrected chi connectivity index (χ2v) is 7.54. The zero-order chi connectivity index (χ0) is 18.3. The molecule has 0 unspecified atom stereocenters. The van der Waals surface area contributed by atoms with Crippen LogP contribution < -0.4 is 4.90 Å². The minimum absolute atomic E-state index is 0.477. The van der Waals surface area contributed by atoms with E-state index < -0.39 is 11.4 Å². The van der Waals surface area contributed by atoms with E-state index in [0.29, 0.717) is 36.6 Å². The Kier molecular flexibility index (Phi) is 4.32. The Morgan fingerprint density at radius 2 is 1.92 bits per heavy atom. The summed E-state index contributed by atoms with van der Waals surface area (Å²) < 4.78 is 0.718. The molecular weight excluding hydrogens is 422 g/mol. The first-order chi connectivity index (χ1) is 12.5. The number of hydrogen-bond donors (Lipinski definition) is 2. The maximum absolute atomic E-state index is 12.1. The number of carboxylic acid groups (broad SMARTS) is 1. The van der Waals surface area contributed by atoms with Gasteiger partial charge in [-0.05, 0) is 46.5 Å². The number of aromatic amines is 1. The molecule has 0 radical (unpaired) electrons. The van der Waals surface area contributed by atoms with Gasteiger partial charge in [0.15, 0.2) is 5.65 Å². The molecule has 0 atom stereocenters. The van der Waals surface area contributed by atoms with Gasteiger partial charge < -0.3 is 10.0 Å². The highest BCUT2D eigenvalue weighted by atomic mass is 79.9. The van der Waals surface area contributed by atoms with Crippen LogP contribution in [-0.2, 0) is 10.2 Å². The number of halogens is 2. The first kappa shape index (κ1) is 17.2. The van der Waals surface area contributed by atoms with Crippen LogP contribution in [0, 0.1) is 0 Å². The molecule has 1 saturated heterocycles. The van der Waals surface area contributed by atoms with Crippen LogP contribution in [0.1, 0.15) is 18.4 Å². The van der Waals surface area contributed by atoms with Gasteiger partial charge in [-0.25, -0.2) is 9.97 Å². The van der Waals surface area contributed by atoms with Gasteiger partial charge in [-0.15, -0.1) is 0 Å². The summed E-state index contributed by atoms with van der Waals surface area (Å²) >= 11 is 9.40. The number of carboxylic acids is 1. The zero-order valence-corrected chi connectivity index (χ0v) is 16.0. The van der Waals surface area contributed by atoms with Crippen molar-refractivity contribution in [3.8, 4) is 0 Å². The average Bonchev–Trinajstić information content (AvgIpc) is 3.04. The molecule has 3 heterocycles. The summed E-state index contributed by atoms with van der Waals surface area (Å²) in [5.74, 6) is -0.0532. The van der Waals surface area contributed by atoms with Crippen molar-refractivity contribution in [2.45, 2.75) is 18.3 Å². The number of H-pyrrole nitrogens is 1. The van der Waals surface area contributed by atoms with Crippen molar-refractivity contribution in [3.63, 3.8) is 0 Å². The van der Waals surface area contributed by atoms with Gasteiger partial charge in [0, 0.05) is 18.1 Å². The van der Waals surface area contributed by atoms with Crippen molar-refractivity contribution >= 4 is 50.4 Å². The number of aliphatic carboxylic acids is 1. The van der Waals surface area contributed by atoms with E-state index in [1.165, 1.54) is 6.33 Å². The predicted molar refractivity (Wildman–Crippen MR) is 102 cm³/mol. The Balaban J connectivity index is 1.65. The highest BCUT2D eigenvalue weighted by Crippen LogP contribution is 2.39. The fourth-order valence-electron chi connectivity index (χ4n) is 3.54. The first-order valence-corrected chi connectivity index (χ1v) is 9.27. The normalized spacial score (nSPS) is 16.8. The molecule has 1 aromatic carbocycles. The standard InChI is InChI=1S/C17H15BrClN5O2/c18-13-12-14(23-22-13)20-9-21-15(12)24-7-5-17(6-8-24,16(25)26)10-1-3-11(19)4-2-10/h1-4,9H,5-8H2,(H,25,26)(H,20,21,22,23). The number of aromatic nitrogens is 4. The van der Waals surface area contributed by atoms with Gasteiger partial charge in [-0.3, -0.25) is 9.89 Å². The lowest BCUT2D eigenvalue weighted by molar-refractivity contribution is -0.144. The quantitative estimate of drug-likeness (QED) is 0.653. The summed E-state index contributed by atoms with van der Waals surface area (Å²) in [6.07, 6.45) is 2.43. The maximum Gasteiger partial charge on any atom is 0.314 e. The van der Waals surface area contributed by atoms with E-state index in [-0.39, 0.29) is 0 Å². The van der Waals surface area contributed by atoms with Gasteiger partial charge in [-0.2, -0.15) is 5.10 Å². The first-order valence-electron chi connectivity index (χ1n) is 8.10. The predicted octanol–water partition coefficient (Wildman–Crippen LogP) is 3.39. The lowest BCUT2D eigenvalue weighted by Crippen LogP contribution is -2.47. The van der Waals surface area contributed by atoms with Gasteiger partial charge >= 0.3 is 5.97 Å². The molecule has 1 aliphatic rings. The summed E-state index contributed by atoms with van der Waals surface area (Å²) in [5, 5.41) is 18.3. The molecule has 0 aliphatic carbocycles. The molecule has 1 fully saturated rings. The minimum Gasteiger partial charge on any atom is -0.481 e. The molecule has 2 N–H and O–H groups in total. The number of carbonyl (C=O) groups is 1. The maximum atomic E-state index is 12.1. The number of piperidine rings is 1. The molecule has 0 saturated carbocycles. The van der Waals surface area contributed by atoms with E-state index >= 15 is 0 Å². The largest absolute Gasteiger partial charge is 0.481 e. The van der Waals surface area contributed by atoms with Crippen LogP contribution >= 0.6 is 27.5 Å². The van der Waals surface area contributed by atoms with Gasteiger partial charge in [0.2, 0.25) is 0 Å². The SMILES string of the molecule is O=C(O)C1(c2ccc(Cl)cc2)CCN(c2ncnc3n[nH]c(Br)c23)CC1. The monoisotopic (exact) mass is 435 g/mol. The fraction of sp³-hybridized carbons (Fsp3) is 0.294. The topological polar surface area (TPSA) is 95.0 Å². The highest BCUT2D eigenvalue weighted by molar-refractivity contribution is 9.10. The molecular formula is C17H15BrClN5O2. The third-order valence-electron chi connectivity index (χ3n) is 5.01. The number of rotatable bonds is 3. The van der Waals surface area contributed by atoms with Crippen molar-refractivity contribution < 1.29 is 9.90 Å². The number of nitrogens with zero attached hydrogens (tertiary/aromatic N) is 4. The molecule has 2 aromatic heterocycles. The van der Waals surface area contributed by atoms with Crippen molar-refractivity contribution in [2.75, 3.05) is 18.0 Å². The van der Waals surface area contributed by atoms with Crippen LogP contribution in [0.15, 0.2) is 35.2 Å². The number of hydrogen-bond acceptors (Lipinski definition) is 5. The summed E-state index contributed by atoms with van der Waals surface area (Å²) in [5.41, 5.74) is 0.446. The molecule has 0 amide bonds. The van der Waals surface area contributed by atoms with E-state index in [2.05, 4.69) is 41.0 Å². The average molecular weight is 437 g/mol.